The van der Waals surface area contributed by atoms with E-state index in [0.717, 1.165) is 16.3 Å². The van der Waals surface area contributed by atoms with Gasteiger partial charge in [0.2, 0.25) is 0 Å². The second kappa shape index (κ2) is 6.41. The highest BCUT2D eigenvalue weighted by Gasteiger charge is 2.12. The van der Waals surface area contributed by atoms with E-state index >= 15 is 0 Å². The molecule has 22 heavy (non-hydrogen) atoms. The summed E-state index contributed by atoms with van der Waals surface area (Å²) in [6.45, 7) is 0.886. The van der Waals surface area contributed by atoms with Crippen LogP contribution in [-0.2, 0) is 13.0 Å². The summed E-state index contributed by atoms with van der Waals surface area (Å²) < 4.78 is 5.20. The van der Waals surface area contributed by atoms with Crippen molar-refractivity contribution in [2.75, 3.05) is 6.54 Å². The summed E-state index contributed by atoms with van der Waals surface area (Å²) in [6.07, 6.45) is 1.89. The molecule has 0 radical (unpaired) electrons. The molecule has 0 unspecified atom stereocenters. The van der Waals surface area contributed by atoms with Gasteiger partial charge in [-0.3, -0.25) is 4.79 Å². The van der Waals surface area contributed by atoms with Gasteiger partial charge in [0, 0.05) is 19.5 Å². The molecule has 3 N–H and O–H groups in total. The van der Waals surface area contributed by atoms with Crippen LogP contribution < -0.4 is 11.1 Å². The topological polar surface area (TPSA) is 81.1 Å². The molecule has 3 rings (SSSR count). The molecule has 0 aliphatic rings. The summed E-state index contributed by atoms with van der Waals surface area (Å²) in [5, 5.41) is 5.16. The van der Waals surface area contributed by atoms with Gasteiger partial charge in [0.1, 0.15) is 6.26 Å². The zero-order valence-corrected chi connectivity index (χ0v) is 12.1. The Labute approximate surface area is 128 Å². The molecule has 0 fully saturated rings. The molecule has 1 amide bonds. The second-order valence-electron chi connectivity index (χ2n) is 4.99. The van der Waals surface area contributed by atoms with Crippen LogP contribution in [0.1, 0.15) is 21.9 Å². The highest BCUT2D eigenvalue weighted by Crippen LogP contribution is 2.18. The van der Waals surface area contributed by atoms with Crippen LogP contribution in [0.25, 0.3) is 10.8 Å². The van der Waals surface area contributed by atoms with E-state index in [1.165, 1.54) is 6.26 Å². The quantitative estimate of drug-likeness (QED) is 0.756. The first-order valence-electron chi connectivity index (χ1n) is 7.17. The van der Waals surface area contributed by atoms with Crippen LogP contribution in [0, 0.1) is 0 Å². The highest BCUT2D eigenvalue weighted by atomic mass is 16.3. The van der Waals surface area contributed by atoms with Crippen LogP contribution in [0.3, 0.4) is 0 Å². The van der Waals surface area contributed by atoms with Crippen molar-refractivity contribution in [1.82, 2.24) is 10.3 Å². The largest absolute Gasteiger partial charge is 0.448 e. The molecule has 0 spiro atoms. The molecule has 0 aliphatic heterocycles. The van der Waals surface area contributed by atoms with Crippen LogP contribution in [0.2, 0.25) is 0 Å². The molecular formula is C17H17N3O2. The Balaban J connectivity index is 1.72. The number of fused-ring (bicyclic) bond motifs is 1. The lowest BCUT2D eigenvalue weighted by Crippen LogP contribution is -2.23. The van der Waals surface area contributed by atoms with Crippen molar-refractivity contribution >= 4 is 16.7 Å². The number of rotatable bonds is 5. The minimum Gasteiger partial charge on any atom is -0.448 e. The van der Waals surface area contributed by atoms with Crippen molar-refractivity contribution in [3.05, 3.63) is 65.9 Å². The number of oxazole rings is 1. The van der Waals surface area contributed by atoms with Gasteiger partial charge >= 0.3 is 0 Å². The number of hydrogen-bond acceptors (Lipinski definition) is 4. The van der Waals surface area contributed by atoms with Crippen LogP contribution in [-0.4, -0.2) is 17.4 Å². The van der Waals surface area contributed by atoms with E-state index < -0.39 is 0 Å². The minimum atomic E-state index is -0.250. The zero-order chi connectivity index (χ0) is 15.4. The Morgan fingerprint density at radius 3 is 2.86 bits per heavy atom. The number of aromatic nitrogens is 1. The van der Waals surface area contributed by atoms with E-state index in [0.29, 0.717) is 25.4 Å². The molecule has 0 saturated heterocycles. The monoisotopic (exact) mass is 295 g/mol. The van der Waals surface area contributed by atoms with Crippen molar-refractivity contribution in [3.63, 3.8) is 0 Å². The van der Waals surface area contributed by atoms with Gasteiger partial charge in [-0.25, -0.2) is 4.98 Å². The Kier molecular flexibility index (Phi) is 4.16. The van der Waals surface area contributed by atoms with E-state index in [-0.39, 0.29) is 11.6 Å². The molecule has 5 nitrogen and oxygen atoms in total. The SMILES string of the molecule is NCCc1nc(C(=O)NCc2cccc3ccccc23)co1. The zero-order valence-electron chi connectivity index (χ0n) is 12.1. The fourth-order valence-corrected chi connectivity index (χ4v) is 2.37. The van der Waals surface area contributed by atoms with Crippen LogP contribution in [0.15, 0.2) is 53.1 Å². The van der Waals surface area contributed by atoms with Crippen LogP contribution in [0.4, 0.5) is 0 Å². The Morgan fingerprint density at radius 1 is 1.18 bits per heavy atom. The lowest BCUT2D eigenvalue weighted by Gasteiger charge is -2.07. The molecule has 0 atom stereocenters. The Morgan fingerprint density at radius 2 is 2.00 bits per heavy atom. The van der Waals surface area contributed by atoms with E-state index in [1.54, 1.807) is 0 Å². The fraction of sp³-hybridized carbons (Fsp3) is 0.176. The molecule has 3 aromatic rings. The van der Waals surface area contributed by atoms with Gasteiger partial charge < -0.3 is 15.5 Å². The number of nitrogens with zero attached hydrogens (tertiary/aromatic N) is 1. The maximum atomic E-state index is 12.1. The molecule has 0 aliphatic carbocycles. The van der Waals surface area contributed by atoms with Gasteiger partial charge in [0.25, 0.3) is 5.91 Å². The van der Waals surface area contributed by atoms with Crippen molar-refractivity contribution < 1.29 is 9.21 Å². The predicted molar refractivity (Wildman–Crippen MR) is 84.4 cm³/mol. The maximum Gasteiger partial charge on any atom is 0.273 e. The number of carbonyl (C=O) groups is 1. The van der Waals surface area contributed by atoms with Crippen molar-refractivity contribution in [1.29, 1.82) is 0 Å². The van der Waals surface area contributed by atoms with Gasteiger partial charge in [-0.05, 0) is 16.3 Å². The molecule has 1 heterocycles. The average molecular weight is 295 g/mol. The third-order valence-electron chi connectivity index (χ3n) is 3.46. The number of amides is 1. The van der Waals surface area contributed by atoms with Crippen molar-refractivity contribution in [2.45, 2.75) is 13.0 Å². The maximum absolute atomic E-state index is 12.1. The summed E-state index contributed by atoms with van der Waals surface area (Å²) in [7, 11) is 0. The number of hydrogen-bond donors (Lipinski definition) is 2. The lowest BCUT2D eigenvalue weighted by molar-refractivity contribution is 0.0946. The first-order chi connectivity index (χ1) is 10.8. The van der Waals surface area contributed by atoms with Gasteiger partial charge in [0.15, 0.2) is 11.6 Å². The van der Waals surface area contributed by atoms with E-state index in [9.17, 15) is 4.79 Å². The molecule has 112 valence electrons. The van der Waals surface area contributed by atoms with E-state index in [4.69, 9.17) is 10.2 Å². The molecule has 0 bridgehead atoms. The molecule has 2 aromatic carbocycles. The Hall–Kier alpha value is -2.66. The molecule has 1 aromatic heterocycles. The summed E-state index contributed by atoms with van der Waals surface area (Å²) in [4.78, 5) is 16.2. The van der Waals surface area contributed by atoms with E-state index in [1.807, 2.05) is 30.3 Å². The van der Waals surface area contributed by atoms with Crippen LogP contribution >= 0.6 is 0 Å². The van der Waals surface area contributed by atoms with Gasteiger partial charge in [-0.15, -0.1) is 0 Å². The number of carbonyl (C=O) groups excluding carboxylic acids is 1. The molecule has 5 heteroatoms. The van der Waals surface area contributed by atoms with Crippen LogP contribution in [0.5, 0.6) is 0 Å². The lowest BCUT2D eigenvalue weighted by atomic mass is 10.0. The van der Waals surface area contributed by atoms with Crippen molar-refractivity contribution in [2.24, 2.45) is 5.73 Å². The van der Waals surface area contributed by atoms with E-state index in [2.05, 4.69) is 22.4 Å². The average Bonchev–Trinajstić information content (AvgIpc) is 3.02. The number of benzene rings is 2. The Bertz CT molecular complexity index is 790. The molecular weight excluding hydrogens is 278 g/mol. The number of nitrogens with two attached hydrogens (primary N) is 1. The van der Waals surface area contributed by atoms with Gasteiger partial charge in [-0.1, -0.05) is 42.5 Å². The third-order valence-corrected chi connectivity index (χ3v) is 3.46. The standard InChI is InChI=1S/C17H17N3O2/c18-9-8-16-20-15(11-22-16)17(21)19-10-13-6-3-5-12-4-1-2-7-14(12)13/h1-7,11H,8-10,18H2,(H,19,21). The van der Waals surface area contributed by atoms with Gasteiger partial charge in [-0.2, -0.15) is 0 Å². The van der Waals surface area contributed by atoms with Gasteiger partial charge in [0.05, 0.1) is 0 Å². The first-order valence-corrected chi connectivity index (χ1v) is 7.17. The highest BCUT2D eigenvalue weighted by molar-refractivity contribution is 5.92. The second-order valence-corrected chi connectivity index (χ2v) is 4.99. The summed E-state index contributed by atoms with van der Waals surface area (Å²) in [6, 6.07) is 14.1. The molecule has 0 saturated carbocycles. The number of nitrogens with one attached hydrogen (secondary N) is 1. The summed E-state index contributed by atoms with van der Waals surface area (Å²) in [5.41, 5.74) is 6.78. The minimum absolute atomic E-state index is 0.250. The fourth-order valence-electron chi connectivity index (χ4n) is 2.37. The normalized spacial score (nSPS) is 10.8. The summed E-state index contributed by atoms with van der Waals surface area (Å²) in [5.74, 6) is 0.234. The smallest absolute Gasteiger partial charge is 0.273 e. The summed E-state index contributed by atoms with van der Waals surface area (Å²) >= 11 is 0. The third kappa shape index (κ3) is 2.99. The predicted octanol–water partition coefficient (Wildman–Crippen LogP) is 2.26. The van der Waals surface area contributed by atoms with Crippen molar-refractivity contribution in [3.8, 4) is 0 Å². The first kappa shape index (κ1) is 14.3.